The van der Waals surface area contributed by atoms with E-state index in [0.717, 1.165) is 10.1 Å². The van der Waals surface area contributed by atoms with Crippen molar-refractivity contribution in [1.82, 2.24) is 0 Å². The lowest BCUT2D eigenvalue weighted by molar-refractivity contribution is 0.103. The number of halogens is 1. The van der Waals surface area contributed by atoms with Crippen LogP contribution in [-0.2, 0) is 0 Å². The van der Waals surface area contributed by atoms with Crippen LogP contribution in [0.25, 0.3) is 10.1 Å². The summed E-state index contributed by atoms with van der Waals surface area (Å²) >= 11 is 7.41. The summed E-state index contributed by atoms with van der Waals surface area (Å²) in [6.45, 7) is 0. The fraction of sp³-hybridized carbons (Fsp3) is 0. The second-order valence-electron chi connectivity index (χ2n) is 4.27. The van der Waals surface area contributed by atoms with E-state index in [4.69, 9.17) is 17.3 Å². The Morgan fingerprint density at radius 1 is 1.10 bits per heavy atom. The molecule has 3 rings (SSSR count). The Balaban J connectivity index is 1.97. The molecule has 1 amide bonds. The van der Waals surface area contributed by atoms with E-state index in [1.807, 2.05) is 36.4 Å². The average Bonchev–Trinajstić information content (AvgIpc) is 2.79. The van der Waals surface area contributed by atoms with E-state index in [9.17, 15) is 4.79 Å². The zero-order chi connectivity index (χ0) is 14.1. The van der Waals surface area contributed by atoms with Gasteiger partial charge in [-0.2, -0.15) is 0 Å². The van der Waals surface area contributed by atoms with Crippen molar-refractivity contribution < 1.29 is 4.79 Å². The Morgan fingerprint density at radius 2 is 1.80 bits per heavy atom. The average molecular weight is 303 g/mol. The molecule has 5 heteroatoms. The topological polar surface area (TPSA) is 55.1 Å². The molecule has 0 atom stereocenters. The Morgan fingerprint density at radius 3 is 2.55 bits per heavy atom. The molecule has 0 fully saturated rings. The van der Waals surface area contributed by atoms with Gasteiger partial charge in [-0.05, 0) is 18.2 Å². The van der Waals surface area contributed by atoms with Gasteiger partial charge in [0.15, 0.2) is 0 Å². The number of anilines is 2. The molecule has 0 saturated heterocycles. The molecule has 0 aliphatic rings. The van der Waals surface area contributed by atoms with Crippen LogP contribution in [0.4, 0.5) is 11.4 Å². The molecular formula is C15H11ClN2OS. The van der Waals surface area contributed by atoms with Crippen LogP contribution in [-0.4, -0.2) is 5.91 Å². The van der Waals surface area contributed by atoms with E-state index in [0.29, 0.717) is 21.3 Å². The molecule has 3 N–H and O–H groups in total. The van der Waals surface area contributed by atoms with Crippen molar-refractivity contribution in [2.45, 2.75) is 0 Å². The first-order valence-electron chi connectivity index (χ1n) is 5.99. The lowest BCUT2D eigenvalue weighted by Gasteiger charge is -2.06. The minimum atomic E-state index is -0.239. The molecule has 20 heavy (non-hydrogen) atoms. The van der Waals surface area contributed by atoms with E-state index < -0.39 is 0 Å². The number of carbonyl (C=O) groups excluding carboxylic acids is 1. The Labute approximate surface area is 125 Å². The van der Waals surface area contributed by atoms with E-state index in [1.54, 1.807) is 12.1 Å². The third-order valence-corrected chi connectivity index (χ3v) is 4.48. The quantitative estimate of drug-likeness (QED) is 0.737. The number of fused-ring (bicyclic) bond motifs is 1. The number of carbonyl (C=O) groups is 1. The third-order valence-electron chi connectivity index (χ3n) is 2.96. The van der Waals surface area contributed by atoms with E-state index in [2.05, 4.69) is 5.32 Å². The Hall–Kier alpha value is -2.04. The summed E-state index contributed by atoms with van der Waals surface area (Å²) < 4.78 is 0.995. The van der Waals surface area contributed by atoms with Gasteiger partial charge in [0.2, 0.25) is 0 Å². The highest BCUT2D eigenvalue weighted by Gasteiger charge is 2.16. The van der Waals surface area contributed by atoms with Crippen molar-refractivity contribution >= 4 is 50.3 Å². The molecule has 0 saturated carbocycles. The van der Waals surface area contributed by atoms with Gasteiger partial charge in [0.25, 0.3) is 5.91 Å². The first-order chi connectivity index (χ1) is 9.66. The number of para-hydroxylation sites is 1. The van der Waals surface area contributed by atoms with Gasteiger partial charge in [0, 0.05) is 10.1 Å². The molecule has 0 radical (unpaired) electrons. The van der Waals surface area contributed by atoms with Gasteiger partial charge in [0.05, 0.1) is 16.4 Å². The van der Waals surface area contributed by atoms with Gasteiger partial charge < -0.3 is 11.1 Å². The molecule has 2 aromatic carbocycles. The van der Waals surface area contributed by atoms with Crippen molar-refractivity contribution in [3.63, 3.8) is 0 Å². The van der Waals surface area contributed by atoms with Crippen LogP contribution in [0.15, 0.2) is 48.5 Å². The molecule has 3 nitrogen and oxygen atoms in total. The molecule has 0 spiro atoms. The fourth-order valence-electron chi connectivity index (χ4n) is 1.98. The molecule has 1 aromatic heterocycles. The van der Waals surface area contributed by atoms with Gasteiger partial charge >= 0.3 is 0 Å². The van der Waals surface area contributed by atoms with Gasteiger partial charge in [-0.25, -0.2) is 0 Å². The highest BCUT2D eigenvalue weighted by Crippen LogP contribution is 2.34. The molecule has 0 unspecified atom stereocenters. The van der Waals surface area contributed by atoms with Crippen LogP contribution in [0.1, 0.15) is 9.67 Å². The van der Waals surface area contributed by atoms with Crippen molar-refractivity contribution in [2.75, 3.05) is 11.1 Å². The molecule has 100 valence electrons. The summed E-state index contributed by atoms with van der Waals surface area (Å²) in [5, 5.41) is 4.19. The monoisotopic (exact) mass is 302 g/mol. The largest absolute Gasteiger partial charge is 0.397 e. The lowest BCUT2D eigenvalue weighted by Crippen LogP contribution is -2.12. The van der Waals surface area contributed by atoms with E-state index in [-0.39, 0.29) is 5.91 Å². The predicted octanol–water partition coefficient (Wildman–Crippen LogP) is 4.39. The summed E-state index contributed by atoms with van der Waals surface area (Å²) in [4.78, 5) is 12.8. The zero-order valence-electron chi connectivity index (χ0n) is 10.4. The minimum Gasteiger partial charge on any atom is -0.397 e. The SMILES string of the molecule is Nc1c(C(=O)Nc2ccccc2Cl)sc2ccccc12. The van der Waals surface area contributed by atoms with Crippen LogP contribution >= 0.6 is 22.9 Å². The van der Waals surface area contributed by atoms with Crippen LogP contribution in [0.3, 0.4) is 0 Å². The fourth-order valence-corrected chi connectivity index (χ4v) is 3.18. The second-order valence-corrected chi connectivity index (χ2v) is 5.73. The lowest BCUT2D eigenvalue weighted by atomic mass is 10.2. The summed E-state index contributed by atoms with van der Waals surface area (Å²) in [5.74, 6) is -0.239. The van der Waals surface area contributed by atoms with Gasteiger partial charge in [-0.3, -0.25) is 4.79 Å². The number of hydrogen-bond acceptors (Lipinski definition) is 3. The van der Waals surface area contributed by atoms with Gasteiger partial charge in [-0.15, -0.1) is 11.3 Å². The smallest absolute Gasteiger partial charge is 0.267 e. The normalized spacial score (nSPS) is 10.7. The summed E-state index contributed by atoms with van der Waals surface area (Å²) in [7, 11) is 0. The van der Waals surface area contributed by atoms with E-state index >= 15 is 0 Å². The van der Waals surface area contributed by atoms with Crippen LogP contribution in [0, 0.1) is 0 Å². The first-order valence-corrected chi connectivity index (χ1v) is 7.19. The Kier molecular flexibility index (Phi) is 3.34. The number of nitrogens with one attached hydrogen (secondary N) is 1. The maximum Gasteiger partial charge on any atom is 0.267 e. The Bertz CT molecular complexity index is 797. The number of nitrogens with two attached hydrogens (primary N) is 1. The minimum absolute atomic E-state index is 0.239. The maximum atomic E-state index is 12.3. The van der Waals surface area contributed by atoms with E-state index in [1.165, 1.54) is 11.3 Å². The van der Waals surface area contributed by atoms with Crippen LogP contribution < -0.4 is 11.1 Å². The van der Waals surface area contributed by atoms with Crippen molar-refractivity contribution in [3.8, 4) is 0 Å². The number of thiophene rings is 1. The zero-order valence-corrected chi connectivity index (χ0v) is 12.0. The summed E-state index contributed by atoms with van der Waals surface area (Å²) in [6, 6.07) is 14.8. The number of benzene rings is 2. The molecule has 3 aromatic rings. The second kappa shape index (κ2) is 5.15. The first kappa shape index (κ1) is 13.0. The van der Waals surface area contributed by atoms with Gasteiger partial charge in [0.1, 0.15) is 4.88 Å². The number of nitrogen functional groups attached to an aromatic ring is 1. The third kappa shape index (κ3) is 2.24. The molecule has 0 aliphatic carbocycles. The maximum absolute atomic E-state index is 12.3. The van der Waals surface area contributed by atoms with Gasteiger partial charge in [-0.1, -0.05) is 41.9 Å². The molecular weight excluding hydrogens is 292 g/mol. The summed E-state index contributed by atoms with van der Waals surface area (Å²) in [6.07, 6.45) is 0. The highest BCUT2D eigenvalue weighted by atomic mass is 35.5. The standard InChI is InChI=1S/C15H11ClN2OS/c16-10-6-2-3-7-11(10)18-15(19)14-13(17)9-5-1-4-8-12(9)20-14/h1-8H,17H2,(H,18,19). The summed E-state index contributed by atoms with van der Waals surface area (Å²) in [5.41, 5.74) is 7.14. The molecule has 1 heterocycles. The number of hydrogen-bond donors (Lipinski definition) is 2. The number of rotatable bonds is 2. The molecule has 0 bridgehead atoms. The van der Waals surface area contributed by atoms with Crippen LogP contribution in [0.5, 0.6) is 0 Å². The highest BCUT2D eigenvalue weighted by molar-refractivity contribution is 7.21. The van der Waals surface area contributed by atoms with Crippen molar-refractivity contribution in [2.24, 2.45) is 0 Å². The number of amides is 1. The molecule has 0 aliphatic heterocycles. The van der Waals surface area contributed by atoms with Crippen LogP contribution in [0.2, 0.25) is 5.02 Å². The predicted molar refractivity (Wildman–Crippen MR) is 85.6 cm³/mol. The van der Waals surface area contributed by atoms with Crippen molar-refractivity contribution in [3.05, 3.63) is 58.4 Å². The van der Waals surface area contributed by atoms with Crippen molar-refractivity contribution in [1.29, 1.82) is 0 Å².